The van der Waals surface area contributed by atoms with Crippen LogP contribution < -0.4 is 11.2 Å². The molecule has 206 valence electrons. The number of nitrogens with zero attached hydrogens (tertiary/aromatic N) is 4. The fourth-order valence-electron chi connectivity index (χ4n) is 4.51. The van der Waals surface area contributed by atoms with E-state index in [2.05, 4.69) is 5.10 Å². The van der Waals surface area contributed by atoms with Crippen LogP contribution in [0.3, 0.4) is 0 Å². The van der Waals surface area contributed by atoms with Gasteiger partial charge >= 0.3 is 17.8 Å². The standard InChI is InChI=1S/C27H27F3N4O5/c1-3-39-25(37)19-9-6-12-32(16-19)23(35)22-24(36)33(15-18-8-5-10-20(14-18)27(28,29)30)26(38)34(31-22)21-11-4-7-17(2)13-21/h4-5,7-8,10-11,13-14,19H,3,6,9,12,15-16H2,1-2H3/t19-/m1/s1. The molecule has 4 rings (SSSR count). The van der Waals surface area contributed by atoms with Crippen LogP contribution in [0, 0.1) is 12.8 Å². The molecule has 1 saturated heterocycles. The van der Waals surface area contributed by atoms with Gasteiger partial charge in [0.25, 0.3) is 11.5 Å². The number of esters is 1. The van der Waals surface area contributed by atoms with Gasteiger partial charge in [0.2, 0.25) is 5.69 Å². The van der Waals surface area contributed by atoms with Crippen molar-refractivity contribution in [3.05, 3.63) is 91.8 Å². The fourth-order valence-corrected chi connectivity index (χ4v) is 4.51. The minimum atomic E-state index is -4.62. The van der Waals surface area contributed by atoms with E-state index < -0.39 is 53.0 Å². The lowest BCUT2D eigenvalue weighted by atomic mass is 9.98. The molecule has 0 aliphatic carbocycles. The SMILES string of the molecule is CCOC(=O)[C@@H]1CCCN(C(=O)c2nn(-c3cccc(C)c3)c(=O)n(Cc3cccc(C(F)(F)F)c3)c2=O)C1. The van der Waals surface area contributed by atoms with Crippen molar-refractivity contribution in [2.75, 3.05) is 19.7 Å². The molecular weight excluding hydrogens is 517 g/mol. The topological polar surface area (TPSA) is 104 Å². The number of rotatable bonds is 6. The maximum Gasteiger partial charge on any atom is 0.416 e. The zero-order chi connectivity index (χ0) is 28.3. The summed E-state index contributed by atoms with van der Waals surface area (Å²) in [5.41, 5.74) is -2.37. The Labute approximate surface area is 221 Å². The molecule has 3 aromatic rings. The number of likely N-dealkylation sites (tertiary alicyclic amines) is 1. The maximum atomic E-state index is 13.5. The van der Waals surface area contributed by atoms with Crippen LogP contribution in [0.2, 0.25) is 0 Å². The number of ether oxygens (including phenoxy) is 1. The smallest absolute Gasteiger partial charge is 0.416 e. The van der Waals surface area contributed by atoms with Gasteiger partial charge in [0.1, 0.15) is 0 Å². The summed E-state index contributed by atoms with van der Waals surface area (Å²) >= 11 is 0. The van der Waals surface area contributed by atoms with Crippen molar-refractivity contribution in [2.45, 2.75) is 39.4 Å². The molecule has 1 aromatic heterocycles. The van der Waals surface area contributed by atoms with Crippen molar-refractivity contribution < 1.29 is 27.5 Å². The van der Waals surface area contributed by atoms with Crippen molar-refractivity contribution in [3.8, 4) is 5.69 Å². The Bertz CT molecular complexity index is 1510. The van der Waals surface area contributed by atoms with Gasteiger partial charge in [-0.25, -0.2) is 4.79 Å². The van der Waals surface area contributed by atoms with Gasteiger partial charge in [-0.2, -0.15) is 23.0 Å². The predicted octanol–water partition coefficient (Wildman–Crippen LogP) is 3.19. The average Bonchev–Trinajstić information content (AvgIpc) is 2.91. The molecule has 9 nitrogen and oxygen atoms in total. The molecule has 39 heavy (non-hydrogen) atoms. The summed E-state index contributed by atoms with van der Waals surface area (Å²) in [6.45, 7) is 3.40. The molecule has 1 aliphatic rings. The van der Waals surface area contributed by atoms with Gasteiger partial charge in [0.15, 0.2) is 0 Å². The van der Waals surface area contributed by atoms with Crippen molar-refractivity contribution in [2.24, 2.45) is 5.92 Å². The van der Waals surface area contributed by atoms with Gasteiger partial charge < -0.3 is 9.64 Å². The van der Waals surface area contributed by atoms with E-state index in [9.17, 15) is 32.3 Å². The largest absolute Gasteiger partial charge is 0.466 e. The van der Waals surface area contributed by atoms with E-state index in [1.165, 1.54) is 17.0 Å². The molecule has 12 heteroatoms. The molecule has 0 N–H and O–H groups in total. The number of halogens is 3. The number of aromatic nitrogens is 3. The third kappa shape index (κ3) is 6.10. The molecule has 2 aromatic carbocycles. The molecule has 1 aliphatic heterocycles. The van der Waals surface area contributed by atoms with E-state index in [4.69, 9.17) is 4.74 Å². The van der Waals surface area contributed by atoms with Gasteiger partial charge in [0, 0.05) is 13.1 Å². The molecular formula is C27H27F3N4O5. The fraction of sp³-hybridized carbons (Fsp3) is 0.370. The summed E-state index contributed by atoms with van der Waals surface area (Å²) in [7, 11) is 0. The second-order valence-corrected chi connectivity index (χ2v) is 9.31. The van der Waals surface area contributed by atoms with Crippen molar-refractivity contribution in [1.82, 2.24) is 19.2 Å². The minimum Gasteiger partial charge on any atom is -0.466 e. The number of aryl methyl sites for hydroxylation is 1. The third-order valence-corrected chi connectivity index (χ3v) is 6.43. The van der Waals surface area contributed by atoms with Crippen molar-refractivity contribution in [3.63, 3.8) is 0 Å². The molecule has 1 amide bonds. The lowest BCUT2D eigenvalue weighted by molar-refractivity contribution is -0.149. The van der Waals surface area contributed by atoms with E-state index in [-0.39, 0.29) is 30.9 Å². The zero-order valence-electron chi connectivity index (χ0n) is 21.4. The summed E-state index contributed by atoms with van der Waals surface area (Å²) in [6, 6.07) is 10.9. The number of alkyl halides is 3. The Morgan fingerprint density at radius 2 is 1.85 bits per heavy atom. The lowest BCUT2D eigenvalue weighted by Crippen LogP contribution is -2.49. The number of hydrogen-bond donors (Lipinski definition) is 0. The minimum absolute atomic E-state index is 0.00991. The summed E-state index contributed by atoms with van der Waals surface area (Å²) < 4.78 is 46.5. The van der Waals surface area contributed by atoms with Crippen LogP contribution in [0.25, 0.3) is 5.69 Å². The Hall–Kier alpha value is -4.22. The zero-order valence-corrected chi connectivity index (χ0v) is 21.4. The molecule has 0 spiro atoms. The Morgan fingerprint density at radius 1 is 1.10 bits per heavy atom. The Morgan fingerprint density at radius 3 is 2.54 bits per heavy atom. The van der Waals surface area contributed by atoms with Crippen molar-refractivity contribution >= 4 is 11.9 Å². The van der Waals surface area contributed by atoms with Crippen LogP contribution in [0.4, 0.5) is 13.2 Å². The van der Waals surface area contributed by atoms with Crippen LogP contribution in [-0.4, -0.2) is 50.8 Å². The van der Waals surface area contributed by atoms with Gasteiger partial charge in [-0.3, -0.25) is 19.0 Å². The molecule has 0 unspecified atom stereocenters. The number of carbonyl (C=O) groups is 2. The second kappa shape index (κ2) is 11.3. The summed E-state index contributed by atoms with van der Waals surface area (Å²) in [6.07, 6.45) is -3.62. The quantitative estimate of drug-likeness (QED) is 0.442. The van der Waals surface area contributed by atoms with E-state index in [1.54, 1.807) is 38.1 Å². The third-order valence-electron chi connectivity index (χ3n) is 6.43. The highest BCUT2D eigenvalue weighted by Crippen LogP contribution is 2.29. The summed E-state index contributed by atoms with van der Waals surface area (Å²) in [5, 5.41) is 4.11. The first-order valence-electron chi connectivity index (χ1n) is 12.4. The molecule has 1 fully saturated rings. The summed E-state index contributed by atoms with van der Waals surface area (Å²) in [4.78, 5) is 54.0. The van der Waals surface area contributed by atoms with Crippen LogP contribution in [-0.2, 0) is 22.3 Å². The van der Waals surface area contributed by atoms with Crippen molar-refractivity contribution in [1.29, 1.82) is 0 Å². The van der Waals surface area contributed by atoms with E-state index >= 15 is 0 Å². The van der Waals surface area contributed by atoms with E-state index in [0.29, 0.717) is 17.4 Å². The van der Waals surface area contributed by atoms with Gasteiger partial charge in [-0.15, -0.1) is 0 Å². The summed E-state index contributed by atoms with van der Waals surface area (Å²) in [5.74, 6) is -1.81. The molecule has 0 saturated carbocycles. The first kappa shape index (κ1) is 27.8. The Kier molecular flexibility index (Phi) is 8.03. The molecule has 0 bridgehead atoms. The van der Waals surface area contributed by atoms with Gasteiger partial charge in [-0.1, -0.05) is 24.3 Å². The molecule has 0 radical (unpaired) electrons. The van der Waals surface area contributed by atoms with Gasteiger partial charge in [-0.05, 0) is 62.1 Å². The second-order valence-electron chi connectivity index (χ2n) is 9.31. The lowest BCUT2D eigenvalue weighted by Gasteiger charge is -2.31. The highest BCUT2D eigenvalue weighted by molar-refractivity contribution is 5.92. The number of amides is 1. The molecule has 1 atom stereocenters. The van der Waals surface area contributed by atoms with Crippen LogP contribution in [0.5, 0.6) is 0 Å². The number of carbonyl (C=O) groups excluding carboxylic acids is 2. The highest BCUT2D eigenvalue weighted by Gasteiger charge is 2.33. The normalized spacial score (nSPS) is 15.7. The van der Waals surface area contributed by atoms with E-state index in [0.717, 1.165) is 22.4 Å². The Balaban J connectivity index is 1.80. The first-order chi connectivity index (χ1) is 18.5. The van der Waals surface area contributed by atoms with Gasteiger partial charge in [0.05, 0.1) is 30.3 Å². The van der Waals surface area contributed by atoms with E-state index in [1.807, 2.05) is 0 Å². The number of benzene rings is 2. The number of piperidine rings is 1. The average molecular weight is 545 g/mol. The number of hydrogen-bond acceptors (Lipinski definition) is 6. The predicted molar refractivity (Wildman–Crippen MR) is 135 cm³/mol. The first-order valence-corrected chi connectivity index (χ1v) is 12.4. The monoisotopic (exact) mass is 544 g/mol. The van der Waals surface area contributed by atoms with Crippen LogP contribution in [0.15, 0.2) is 58.1 Å². The van der Waals surface area contributed by atoms with Crippen LogP contribution >= 0.6 is 0 Å². The van der Waals surface area contributed by atoms with Crippen LogP contribution in [0.1, 0.15) is 46.9 Å². The highest BCUT2D eigenvalue weighted by atomic mass is 19.4. The molecule has 2 heterocycles. The maximum absolute atomic E-state index is 13.5.